The summed E-state index contributed by atoms with van der Waals surface area (Å²) in [4.78, 5) is 31.5. The van der Waals surface area contributed by atoms with E-state index in [0.717, 1.165) is 18.5 Å². The Hall–Kier alpha value is -3.56. The molecule has 1 N–H and O–H groups in total. The highest BCUT2D eigenvalue weighted by atomic mass is 19.4. The number of piperazine rings is 1. The zero-order valence-corrected chi connectivity index (χ0v) is 19.9. The van der Waals surface area contributed by atoms with Gasteiger partial charge in [0, 0.05) is 25.8 Å². The lowest BCUT2D eigenvalue weighted by molar-refractivity contribution is -0.141. The van der Waals surface area contributed by atoms with Crippen LogP contribution in [0.5, 0.6) is 11.5 Å². The number of hydrogen-bond donors (Lipinski definition) is 1. The van der Waals surface area contributed by atoms with Crippen LogP contribution in [-0.2, 0) is 21.9 Å². The predicted molar refractivity (Wildman–Crippen MR) is 118 cm³/mol. The molecule has 4 rings (SSSR count). The third kappa shape index (κ3) is 6.11. The Labute approximate surface area is 211 Å². The number of carbonyl (C=O) groups excluding carboxylic acids is 1. The third-order valence-corrected chi connectivity index (χ3v) is 5.94. The Balaban J connectivity index is 1.24. The van der Waals surface area contributed by atoms with E-state index in [1.807, 2.05) is 4.90 Å². The number of anilines is 1. The standard InChI is InChI=1S/C22H23F6N5O5/c1-12(38-16-8-30-31-20(35)18(16)22(26,27)28)10-36-5-2-17(34)32-3-4-33-14(9-32)11-37-15-6-13(21(23,24)25)7-29-19(15)33/h6-8,12,14H,2-5,9-11H2,1H3,(H,31,35)/t12-,14-/m0/s1. The molecule has 2 aliphatic rings. The van der Waals surface area contributed by atoms with Gasteiger partial charge in [0.05, 0.1) is 37.4 Å². The van der Waals surface area contributed by atoms with E-state index < -0.39 is 40.9 Å². The van der Waals surface area contributed by atoms with E-state index in [9.17, 15) is 35.9 Å². The van der Waals surface area contributed by atoms with E-state index in [-0.39, 0.29) is 50.5 Å². The molecule has 1 fully saturated rings. The molecular weight excluding hydrogens is 528 g/mol. The molecule has 0 radical (unpaired) electrons. The van der Waals surface area contributed by atoms with Crippen molar-refractivity contribution in [2.45, 2.75) is 37.8 Å². The summed E-state index contributed by atoms with van der Waals surface area (Å²) in [6.45, 7) is 2.28. The van der Waals surface area contributed by atoms with Crippen molar-refractivity contribution in [1.82, 2.24) is 20.1 Å². The fourth-order valence-corrected chi connectivity index (χ4v) is 4.16. The first-order chi connectivity index (χ1) is 17.8. The lowest BCUT2D eigenvalue weighted by Gasteiger charge is -2.44. The Morgan fingerprint density at radius 2 is 1.97 bits per heavy atom. The third-order valence-electron chi connectivity index (χ3n) is 5.94. The molecule has 208 valence electrons. The van der Waals surface area contributed by atoms with Crippen LogP contribution < -0.4 is 19.9 Å². The zero-order valence-electron chi connectivity index (χ0n) is 19.9. The van der Waals surface area contributed by atoms with Gasteiger partial charge in [0.2, 0.25) is 5.91 Å². The summed E-state index contributed by atoms with van der Waals surface area (Å²) in [7, 11) is 0. The number of fused-ring (bicyclic) bond motifs is 3. The van der Waals surface area contributed by atoms with Crippen molar-refractivity contribution < 1.29 is 45.3 Å². The molecule has 0 aliphatic carbocycles. The minimum Gasteiger partial charge on any atom is -0.487 e. The maximum atomic E-state index is 13.1. The maximum absolute atomic E-state index is 13.1. The number of aromatic amines is 1. The Morgan fingerprint density at radius 1 is 1.21 bits per heavy atom. The number of rotatable bonds is 7. The molecule has 2 aromatic rings. The number of aromatic nitrogens is 3. The molecule has 0 aromatic carbocycles. The second kappa shape index (κ2) is 10.7. The lowest BCUT2D eigenvalue weighted by atomic mass is 10.1. The molecule has 1 amide bonds. The van der Waals surface area contributed by atoms with Gasteiger partial charge in [-0.3, -0.25) is 9.59 Å². The molecular formula is C22H23F6N5O5. The van der Waals surface area contributed by atoms with Crippen molar-refractivity contribution in [3.8, 4) is 11.5 Å². The number of pyridine rings is 1. The molecule has 0 bridgehead atoms. The van der Waals surface area contributed by atoms with E-state index in [2.05, 4.69) is 10.1 Å². The number of nitrogens with one attached hydrogen (secondary N) is 1. The molecule has 0 unspecified atom stereocenters. The summed E-state index contributed by atoms with van der Waals surface area (Å²) in [5.41, 5.74) is -3.83. The van der Waals surface area contributed by atoms with Crippen LogP contribution in [0.15, 0.2) is 23.3 Å². The average Bonchev–Trinajstić information content (AvgIpc) is 2.84. The van der Waals surface area contributed by atoms with Crippen LogP contribution in [-0.4, -0.2) is 77.6 Å². The van der Waals surface area contributed by atoms with Crippen LogP contribution >= 0.6 is 0 Å². The Morgan fingerprint density at radius 3 is 2.68 bits per heavy atom. The van der Waals surface area contributed by atoms with Crippen molar-refractivity contribution in [3.05, 3.63) is 39.9 Å². The molecule has 2 aromatic heterocycles. The molecule has 10 nitrogen and oxygen atoms in total. The summed E-state index contributed by atoms with van der Waals surface area (Å²) in [5, 5.41) is 5.03. The summed E-state index contributed by atoms with van der Waals surface area (Å²) in [5.74, 6) is -0.629. The van der Waals surface area contributed by atoms with Gasteiger partial charge in [-0.25, -0.2) is 10.1 Å². The van der Waals surface area contributed by atoms with Gasteiger partial charge >= 0.3 is 12.4 Å². The highest BCUT2D eigenvalue weighted by Gasteiger charge is 2.39. The van der Waals surface area contributed by atoms with Crippen LogP contribution in [0.3, 0.4) is 0 Å². The number of amides is 1. The summed E-state index contributed by atoms with van der Waals surface area (Å²) >= 11 is 0. The maximum Gasteiger partial charge on any atom is 0.425 e. The number of ether oxygens (including phenoxy) is 3. The second-order valence-corrected chi connectivity index (χ2v) is 8.73. The normalized spacial score (nSPS) is 18.3. The molecule has 2 atom stereocenters. The molecule has 4 heterocycles. The fourth-order valence-electron chi connectivity index (χ4n) is 4.16. The first-order valence-electron chi connectivity index (χ1n) is 11.5. The number of carbonyl (C=O) groups is 1. The monoisotopic (exact) mass is 551 g/mol. The van der Waals surface area contributed by atoms with Crippen molar-refractivity contribution in [2.24, 2.45) is 0 Å². The van der Waals surface area contributed by atoms with Crippen molar-refractivity contribution in [1.29, 1.82) is 0 Å². The van der Waals surface area contributed by atoms with Crippen LogP contribution in [0.2, 0.25) is 0 Å². The minimum absolute atomic E-state index is 0.00949. The smallest absolute Gasteiger partial charge is 0.425 e. The summed E-state index contributed by atoms with van der Waals surface area (Å²) in [6.07, 6.45) is -8.85. The molecule has 0 spiro atoms. The first kappa shape index (κ1) is 27.5. The highest BCUT2D eigenvalue weighted by molar-refractivity contribution is 5.77. The van der Waals surface area contributed by atoms with Crippen molar-refractivity contribution in [3.63, 3.8) is 0 Å². The summed E-state index contributed by atoms with van der Waals surface area (Å²) in [6, 6.07) is 0.623. The number of halogens is 6. The van der Waals surface area contributed by atoms with Crippen LogP contribution in [0.25, 0.3) is 0 Å². The highest BCUT2D eigenvalue weighted by Crippen LogP contribution is 2.38. The molecule has 16 heteroatoms. The predicted octanol–water partition coefficient (Wildman–Crippen LogP) is 2.49. The second-order valence-electron chi connectivity index (χ2n) is 8.73. The van der Waals surface area contributed by atoms with Gasteiger partial charge < -0.3 is 24.0 Å². The number of H-pyrrole nitrogens is 1. The molecule has 0 saturated carbocycles. The van der Waals surface area contributed by atoms with Crippen LogP contribution in [0.1, 0.15) is 24.5 Å². The van der Waals surface area contributed by atoms with Crippen molar-refractivity contribution >= 4 is 11.7 Å². The van der Waals surface area contributed by atoms with Crippen LogP contribution in [0, 0.1) is 0 Å². The molecule has 1 saturated heterocycles. The Bertz CT molecular complexity index is 1220. The van der Waals surface area contributed by atoms with Gasteiger partial charge in [-0.05, 0) is 13.0 Å². The number of alkyl halides is 6. The van der Waals surface area contributed by atoms with E-state index in [1.54, 1.807) is 10.00 Å². The minimum atomic E-state index is -4.93. The number of nitrogens with zero attached hydrogens (tertiary/aromatic N) is 4. The fraction of sp³-hybridized carbons (Fsp3) is 0.545. The quantitative estimate of drug-likeness (QED) is 0.413. The van der Waals surface area contributed by atoms with Gasteiger partial charge in [0.25, 0.3) is 5.56 Å². The summed E-state index contributed by atoms with van der Waals surface area (Å²) < 4.78 is 94.2. The SMILES string of the molecule is C[C@@H](COCCC(=O)N1CCN2c3ncc(C(F)(F)F)cc3OC[C@@H]2C1)Oc1cn[nH]c(=O)c1C(F)(F)F. The van der Waals surface area contributed by atoms with E-state index in [4.69, 9.17) is 14.2 Å². The Kier molecular flexibility index (Phi) is 7.71. The van der Waals surface area contributed by atoms with E-state index >= 15 is 0 Å². The van der Waals surface area contributed by atoms with Gasteiger partial charge in [-0.15, -0.1) is 0 Å². The topological polar surface area (TPSA) is 110 Å². The first-order valence-corrected chi connectivity index (χ1v) is 11.5. The lowest BCUT2D eigenvalue weighted by Crippen LogP contribution is -2.58. The van der Waals surface area contributed by atoms with Gasteiger partial charge in [0.15, 0.2) is 22.9 Å². The largest absolute Gasteiger partial charge is 0.487 e. The van der Waals surface area contributed by atoms with Crippen molar-refractivity contribution in [2.75, 3.05) is 44.4 Å². The van der Waals surface area contributed by atoms with Gasteiger partial charge in [-0.1, -0.05) is 0 Å². The van der Waals surface area contributed by atoms with Gasteiger partial charge in [-0.2, -0.15) is 31.4 Å². The average molecular weight is 551 g/mol. The van der Waals surface area contributed by atoms with E-state index in [1.165, 1.54) is 6.92 Å². The van der Waals surface area contributed by atoms with E-state index in [0.29, 0.717) is 18.9 Å². The zero-order chi connectivity index (χ0) is 27.7. The number of hydrogen-bond acceptors (Lipinski definition) is 8. The van der Waals surface area contributed by atoms with Crippen LogP contribution in [0.4, 0.5) is 32.2 Å². The molecule has 2 aliphatic heterocycles. The molecule has 38 heavy (non-hydrogen) atoms. The van der Waals surface area contributed by atoms with Gasteiger partial charge in [0.1, 0.15) is 12.7 Å².